The molecule has 2 aromatic rings. The Labute approximate surface area is 145 Å². The number of nitrogens with zero attached hydrogens (tertiary/aromatic N) is 1. The Morgan fingerprint density at radius 2 is 2.12 bits per heavy atom. The number of rotatable bonds is 3. The van der Waals surface area contributed by atoms with Crippen LogP contribution in [0.15, 0.2) is 39.7 Å². The number of benzene rings is 1. The van der Waals surface area contributed by atoms with Crippen LogP contribution in [0.2, 0.25) is 0 Å². The molecule has 0 spiro atoms. The number of amides is 1. The monoisotopic (exact) mass is 340 g/mol. The van der Waals surface area contributed by atoms with Gasteiger partial charge in [0.1, 0.15) is 5.76 Å². The van der Waals surface area contributed by atoms with Gasteiger partial charge in [0.15, 0.2) is 5.76 Å². The van der Waals surface area contributed by atoms with Gasteiger partial charge in [-0.15, -0.1) is 11.8 Å². The molecule has 5 heteroatoms. The van der Waals surface area contributed by atoms with E-state index in [9.17, 15) is 4.79 Å². The normalized spacial score (nSPS) is 21.8. The average Bonchev–Trinajstić information content (AvgIpc) is 3.13. The van der Waals surface area contributed by atoms with Crippen LogP contribution >= 0.6 is 11.8 Å². The average molecular weight is 340 g/mol. The molecule has 0 fully saturated rings. The van der Waals surface area contributed by atoms with Crippen molar-refractivity contribution in [3.63, 3.8) is 0 Å². The third-order valence-corrected chi connectivity index (χ3v) is 5.96. The van der Waals surface area contributed by atoms with Crippen molar-refractivity contribution < 1.29 is 9.21 Å². The predicted molar refractivity (Wildman–Crippen MR) is 96.6 cm³/mol. The zero-order valence-electron chi connectivity index (χ0n) is 13.8. The van der Waals surface area contributed by atoms with Gasteiger partial charge in [0.2, 0.25) is 0 Å². The molecule has 1 N–H and O–H groups in total. The molecule has 4 nitrogen and oxygen atoms in total. The molecule has 1 aromatic carbocycles. The van der Waals surface area contributed by atoms with E-state index in [2.05, 4.69) is 12.2 Å². The zero-order valence-corrected chi connectivity index (χ0v) is 14.7. The number of furan rings is 1. The number of hydrogen-bond donors (Lipinski definition) is 1. The smallest absolute Gasteiger partial charge is 0.287 e. The second-order valence-corrected chi connectivity index (χ2v) is 7.78. The summed E-state index contributed by atoms with van der Waals surface area (Å²) in [4.78, 5) is 17.3. The third-order valence-electron chi connectivity index (χ3n) is 4.72. The van der Waals surface area contributed by atoms with E-state index in [4.69, 9.17) is 9.41 Å². The minimum absolute atomic E-state index is 0.145. The van der Waals surface area contributed by atoms with Crippen LogP contribution in [0.1, 0.15) is 52.4 Å². The molecule has 0 bridgehead atoms. The number of aryl methyl sites for hydroxylation is 1. The highest BCUT2D eigenvalue weighted by Crippen LogP contribution is 2.47. The molecule has 124 valence electrons. The Kier molecular flexibility index (Phi) is 3.96. The molecular weight excluding hydrogens is 320 g/mol. The molecule has 4 rings (SSSR count). The Hall–Kier alpha value is -2.01. The quantitative estimate of drug-likeness (QED) is 0.917. The van der Waals surface area contributed by atoms with Crippen molar-refractivity contribution in [1.29, 1.82) is 0 Å². The summed E-state index contributed by atoms with van der Waals surface area (Å²) >= 11 is 1.85. The van der Waals surface area contributed by atoms with E-state index in [0.29, 0.717) is 17.6 Å². The van der Waals surface area contributed by atoms with Gasteiger partial charge in [0, 0.05) is 29.3 Å². The van der Waals surface area contributed by atoms with Gasteiger partial charge in [-0.3, -0.25) is 9.79 Å². The lowest BCUT2D eigenvalue weighted by Crippen LogP contribution is -2.23. The van der Waals surface area contributed by atoms with Crippen molar-refractivity contribution >= 4 is 22.7 Å². The molecule has 2 aliphatic rings. The molecule has 2 heterocycles. The third kappa shape index (κ3) is 2.67. The topological polar surface area (TPSA) is 54.6 Å². The molecule has 24 heavy (non-hydrogen) atoms. The van der Waals surface area contributed by atoms with Gasteiger partial charge >= 0.3 is 0 Å². The van der Waals surface area contributed by atoms with Crippen LogP contribution in [0, 0.1) is 6.92 Å². The number of carbonyl (C=O) groups excluding carboxylic acids is 1. The van der Waals surface area contributed by atoms with E-state index in [1.807, 2.05) is 49.0 Å². The maximum atomic E-state index is 12.6. The Balaban J connectivity index is 1.57. The summed E-state index contributed by atoms with van der Waals surface area (Å²) in [6.07, 6.45) is 1.94. The molecular formula is C19H20N2O2S. The highest BCUT2D eigenvalue weighted by Gasteiger charge is 2.39. The molecule has 0 unspecified atom stereocenters. The fourth-order valence-corrected chi connectivity index (χ4v) is 4.74. The van der Waals surface area contributed by atoms with Gasteiger partial charge in [0.05, 0.1) is 11.1 Å². The summed E-state index contributed by atoms with van der Waals surface area (Å²) in [5.74, 6) is 1.24. The van der Waals surface area contributed by atoms with Crippen LogP contribution in [0.3, 0.4) is 0 Å². The summed E-state index contributed by atoms with van der Waals surface area (Å²) in [6.45, 7) is 4.55. The summed E-state index contributed by atoms with van der Waals surface area (Å²) in [5, 5.41) is 4.59. The van der Waals surface area contributed by atoms with Crippen molar-refractivity contribution in [1.82, 2.24) is 5.32 Å². The molecule has 2 atom stereocenters. The van der Waals surface area contributed by atoms with E-state index in [1.165, 1.54) is 0 Å². The number of fused-ring (bicyclic) bond motifs is 3. The molecule has 1 aliphatic heterocycles. The van der Waals surface area contributed by atoms with Crippen LogP contribution in [0.25, 0.3) is 0 Å². The van der Waals surface area contributed by atoms with Crippen molar-refractivity contribution in [3.05, 3.63) is 58.5 Å². The molecule has 0 radical (unpaired) electrons. The van der Waals surface area contributed by atoms with Crippen molar-refractivity contribution in [3.8, 4) is 0 Å². The zero-order chi connectivity index (χ0) is 16.7. The van der Waals surface area contributed by atoms with E-state index in [1.54, 1.807) is 0 Å². The summed E-state index contributed by atoms with van der Waals surface area (Å²) in [6, 6.07) is 10.1. The number of aliphatic imine (C=N–C) groups is 1. The van der Waals surface area contributed by atoms with Gasteiger partial charge in [-0.1, -0.05) is 30.3 Å². The second kappa shape index (κ2) is 6.13. The fraction of sp³-hybridized carbons (Fsp3) is 0.368. The first kappa shape index (κ1) is 15.5. The van der Waals surface area contributed by atoms with Crippen LogP contribution in [-0.2, 0) is 13.0 Å². The lowest BCUT2D eigenvalue weighted by Gasteiger charge is -2.22. The Morgan fingerprint density at radius 1 is 1.33 bits per heavy atom. The minimum Gasteiger partial charge on any atom is -0.455 e. The van der Waals surface area contributed by atoms with Crippen molar-refractivity contribution in [2.75, 3.05) is 0 Å². The first-order valence-electron chi connectivity index (χ1n) is 8.29. The van der Waals surface area contributed by atoms with Crippen molar-refractivity contribution in [2.45, 2.75) is 44.5 Å². The van der Waals surface area contributed by atoms with Gasteiger partial charge < -0.3 is 9.73 Å². The largest absolute Gasteiger partial charge is 0.455 e. The van der Waals surface area contributed by atoms with Crippen molar-refractivity contribution in [2.24, 2.45) is 4.99 Å². The van der Waals surface area contributed by atoms with Crippen LogP contribution in [-0.4, -0.2) is 16.2 Å². The first-order valence-corrected chi connectivity index (χ1v) is 9.17. The van der Waals surface area contributed by atoms with Gasteiger partial charge in [-0.25, -0.2) is 0 Å². The van der Waals surface area contributed by atoms with E-state index < -0.39 is 0 Å². The summed E-state index contributed by atoms with van der Waals surface area (Å²) in [5.41, 5.74) is 3.16. The summed E-state index contributed by atoms with van der Waals surface area (Å²) < 4.78 is 5.94. The predicted octanol–water partition coefficient (Wildman–Crippen LogP) is 4.04. The molecule has 1 aliphatic carbocycles. The lowest BCUT2D eigenvalue weighted by molar-refractivity contribution is 0.0920. The second-order valence-electron chi connectivity index (χ2n) is 6.35. The van der Waals surface area contributed by atoms with Gasteiger partial charge in [-0.05, 0) is 25.8 Å². The fourth-order valence-electron chi connectivity index (χ4n) is 3.57. The number of carbonyl (C=O) groups is 1. The maximum absolute atomic E-state index is 12.6. The summed E-state index contributed by atoms with van der Waals surface area (Å²) in [7, 11) is 0. The standard InChI is InChI=1S/C19H20N2O2S/c1-11-16-14(8-9-15-17(16)21-12(2)24-15)23-18(11)19(22)20-10-13-6-4-3-5-7-13/h3-7,15,17H,8-10H2,1-2H3,(H,20,22)/t15-,17-/m1/s1. The molecule has 1 amide bonds. The van der Waals surface area contributed by atoms with E-state index in [-0.39, 0.29) is 11.9 Å². The van der Waals surface area contributed by atoms with E-state index in [0.717, 1.165) is 40.3 Å². The lowest BCUT2D eigenvalue weighted by atomic mass is 9.90. The highest BCUT2D eigenvalue weighted by molar-refractivity contribution is 8.14. The maximum Gasteiger partial charge on any atom is 0.287 e. The Bertz CT molecular complexity index is 810. The SMILES string of the molecule is CC1=N[C@H]2c3c(oc(C(=O)NCc4ccccc4)c3C)CC[C@H]2S1. The Morgan fingerprint density at radius 3 is 2.92 bits per heavy atom. The highest BCUT2D eigenvalue weighted by atomic mass is 32.2. The minimum atomic E-state index is -0.145. The molecule has 1 aromatic heterocycles. The van der Waals surface area contributed by atoms with E-state index >= 15 is 0 Å². The van der Waals surface area contributed by atoms with Crippen LogP contribution < -0.4 is 5.32 Å². The number of thioether (sulfide) groups is 1. The van der Waals surface area contributed by atoms with Crippen LogP contribution in [0.4, 0.5) is 0 Å². The van der Waals surface area contributed by atoms with Crippen LogP contribution in [0.5, 0.6) is 0 Å². The first-order chi connectivity index (χ1) is 11.6. The number of hydrogen-bond acceptors (Lipinski definition) is 4. The number of nitrogens with one attached hydrogen (secondary N) is 1. The van der Waals surface area contributed by atoms with Gasteiger partial charge in [0.25, 0.3) is 5.91 Å². The molecule has 0 saturated heterocycles. The molecule has 0 saturated carbocycles. The van der Waals surface area contributed by atoms with Gasteiger partial charge in [-0.2, -0.15) is 0 Å².